The number of hydrogen-bond donors (Lipinski definition) is 2. The lowest BCUT2D eigenvalue weighted by atomic mass is 10.2. The van der Waals surface area contributed by atoms with Crippen molar-refractivity contribution in [3.8, 4) is 0 Å². The van der Waals surface area contributed by atoms with Crippen molar-refractivity contribution in [3.63, 3.8) is 0 Å². The molecule has 0 unspecified atom stereocenters. The maximum Gasteiger partial charge on any atom is 0.242 e. The number of unbranched alkanes of at least 4 members (excludes halogenated alkanes) is 2. The SMILES string of the molecule is CN(CCCCCO)S(=O)(=O)c1ccc(CCN)cc1. The molecule has 0 saturated heterocycles. The van der Waals surface area contributed by atoms with Crippen LogP contribution in [0.5, 0.6) is 0 Å². The van der Waals surface area contributed by atoms with Gasteiger partial charge in [0.05, 0.1) is 4.90 Å². The Labute approximate surface area is 121 Å². The average Bonchev–Trinajstić information content (AvgIpc) is 2.44. The van der Waals surface area contributed by atoms with Gasteiger partial charge in [-0.3, -0.25) is 0 Å². The first-order chi connectivity index (χ1) is 9.52. The van der Waals surface area contributed by atoms with E-state index in [4.69, 9.17) is 10.8 Å². The first-order valence-corrected chi connectivity index (χ1v) is 8.32. The lowest BCUT2D eigenvalue weighted by Gasteiger charge is -2.17. The smallest absolute Gasteiger partial charge is 0.242 e. The van der Waals surface area contributed by atoms with E-state index in [0.717, 1.165) is 24.8 Å². The van der Waals surface area contributed by atoms with E-state index in [-0.39, 0.29) is 6.61 Å². The second kappa shape index (κ2) is 8.36. The summed E-state index contributed by atoms with van der Waals surface area (Å²) in [6, 6.07) is 6.87. The summed E-state index contributed by atoms with van der Waals surface area (Å²) in [5.41, 5.74) is 6.51. The second-order valence-corrected chi connectivity index (χ2v) is 6.84. The standard InChI is InChI=1S/C14H24N2O3S/c1-16(11-3-2-4-12-17)20(18,19)14-7-5-13(6-8-14)9-10-15/h5-8,17H,2-4,9-12,15H2,1H3. The van der Waals surface area contributed by atoms with Crippen molar-refractivity contribution in [2.24, 2.45) is 5.73 Å². The number of aliphatic hydroxyl groups excluding tert-OH is 1. The van der Waals surface area contributed by atoms with E-state index in [2.05, 4.69) is 0 Å². The van der Waals surface area contributed by atoms with Gasteiger partial charge in [0.15, 0.2) is 0 Å². The number of nitrogens with zero attached hydrogens (tertiary/aromatic N) is 1. The van der Waals surface area contributed by atoms with Crippen LogP contribution in [0.15, 0.2) is 29.2 Å². The monoisotopic (exact) mass is 300 g/mol. The Morgan fingerprint density at radius 2 is 1.80 bits per heavy atom. The zero-order valence-electron chi connectivity index (χ0n) is 12.0. The fraction of sp³-hybridized carbons (Fsp3) is 0.571. The van der Waals surface area contributed by atoms with Crippen molar-refractivity contribution in [3.05, 3.63) is 29.8 Å². The average molecular weight is 300 g/mol. The molecular weight excluding hydrogens is 276 g/mol. The van der Waals surface area contributed by atoms with Gasteiger partial charge in [0.1, 0.15) is 0 Å². The van der Waals surface area contributed by atoms with Gasteiger partial charge in [-0.2, -0.15) is 0 Å². The molecule has 0 spiro atoms. The summed E-state index contributed by atoms with van der Waals surface area (Å²) in [7, 11) is -1.83. The van der Waals surface area contributed by atoms with Gasteiger partial charge in [-0.1, -0.05) is 12.1 Å². The van der Waals surface area contributed by atoms with Crippen LogP contribution in [0.1, 0.15) is 24.8 Å². The highest BCUT2D eigenvalue weighted by Gasteiger charge is 2.19. The molecule has 5 nitrogen and oxygen atoms in total. The number of aliphatic hydroxyl groups is 1. The van der Waals surface area contributed by atoms with Gasteiger partial charge >= 0.3 is 0 Å². The molecule has 114 valence electrons. The summed E-state index contributed by atoms with van der Waals surface area (Å²) in [6.45, 7) is 1.17. The van der Waals surface area contributed by atoms with E-state index in [1.807, 2.05) is 0 Å². The Morgan fingerprint density at radius 3 is 2.35 bits per heavy atom. The zero-order chi connectivity index (χ0) is 15.0. The van der Waals surface area contributed by atoms with Crippen LogP contribution >= 0.6 is 0 Å². The van der Waals surface area contributed by atoms with Gasteiger partial charge in [0, 0.05) is 20.2 Å². The largest absolute Gasteiger partial charge is 0.396 e. The first kappa shape index (κ1) is 17.1. The molecule has 3 N–H and O–H groups in total. The van der Waals surface area contributed by atoms with Crippen LogP contribution in [0, 0.1) is 0 Å². The molecule has 1 aromatic rings. The molecule has 0 radical (unpaired) electrons. The topological polar surface area (TPSA) is 83.6 Å². The fourth-order valence-corrected chi connectivity index (χ4v) is 3.13. The lowest BCUT2D eigenvalue weighted by molar-refractivity contribution is 0.281. The summed E-state index contributed by atoms with van der Waals surface area (Å²) < 4.78 is 26.0. The quantitative estimate of drug-likeness (QED) is 0.666. The van der Waals surface area contributed by atoms with Crippen LogP contribution in [0.3, 0.4) is 0 Å². The molecule has 0 aliphatic carbocycles. The van der Waals surface area contributed by atoms with Gasteiger partial charge in [0.2, 0.25) is 10.0 Å². The molecule has 1 aromatic carbocycles. The molecule has 0 amide bonds. The van der Waals surface area contributed by atoms with Crippen molar-refractivity contribution < 1.29 is 13.5 Å². The fourth-order valence-electron chi connectivity index (χ4n) is 1.92. The Balaban J connectivity index is 2.66. The molecule has 0 aromatic heterocycles. The van der Waals surface area contributed by atoms with Crippen molar-refractivity contribution in [2.75, 3.05) is 26.7 Å². The van der Waals surface area contributed by atoms with Gasteiger partial charge < -0.3 is 10.8 Å². The van der Waals surface area contributed by atoms with Gasteiger partial charge in [-0.05, 0) is 49.9 Å². The van der Waals surface area contributed by atoms with Crippen LogP contribution in [-0.2, 0) is 16.4 Å². The number of nitrogens with two attached hydrogens (primary N) is 1. The van der Waals surface area contributed by atoms with E-state index in [1.54, 1.807) is 31.3 Å². The third-order valence-electron chi connectivity index (χ3n) is 3.20. The summed E-state index contributed by atoms with van der Waals surface area (Å²) in [5, 5.41) is 8.70. The lowest BCUT2D eigenvalue weighted by Crippen LogP contribution is -2.28. The Kier molecular flexibility index (Phi) is 7.15. The third-order valence-corrected chi connectivity index (χ3v) is 5.07. The van der Waals surface area contributed by atoms with E-state index >= 15 is 0 Å². The molecule has 0 fully saturated rings. The van der Waals surface area contributed by atoms with Crippen molar-refractivity contribution in [2.45, 2.75) is 30.6 Å². The Hall–Kier alpha value is -0.950. The predicted molar refractivity (Wildman–Crippen MR) is 80.0 cm³/mol. The molecule has 0 heterocycles. The normalized spacial score (nSPS) is 12.0. The van der Waals surface area contributed by atoms with E-state index in [1.165, 1.54) is 4.31 Å². The van der Waals surface area contributed by atoms with E-state index in [0.29, 0.717) is 24.4 Å². The van der Waals surface area contributed by atoms with Crippen molar-refractivity contribution in [1.82, 2.24) is 4.31 Å². The summed E-state index contributed by atoms with van der Waals surface area (Å²) in [4.78, 5) is 0.308. The van der Waals surface area contributed by atoms with Crippen LogP contribution in [0.4, 0.5) is 0 Å². The minimum atomic E-state index is -3.42. The molecule has 0 saturated carbocycles. The highest BCUT2D eigenvalue weighted by atomic mass is 32.2. The minimum Gasteiger partial charge on any atom is -0.396 e. The van der Waals surface area contributed by atoms with Crippen LogP contribution < -0.4 is 5.73 Å². The van der Waals surface area contributed by atoms with Crippen molar-refractivity contribution in [1.29, 1.82) is 0 Å². The number of sulfonamides is 1. The molecule has 0 atom stereocenters. The molecule has 0 aliphatic rings. The maximum atomic E-state index is 12.3. The summed E-state index contributed by atoms with van der Waals surface area (Å²) >= 11 is 0. The maximum absolute atomic E-state index is 12.3. The number of benzene rings is 1. The number of rotatable bonds is 9. The Bertz CT molecular complexity index is 486. The summed E-state index contributed by atoms with van der Waals surface area (Å²) in [5.74, 6) is 0. The highest BCUT2D eigenvalue weighted by Crippen LogP contribution is 2.16. The molecule has 1 rings (SSSR count). The van der Waals surface area contributed by atoms with Gasteiger partial charge in [-0.25, -0.2) is 12.7 Å². The first-order valence-electron chi connectivity index (χ1n) is 6.88. The van der Waals surface area contributed by atoms with E-state index < -0.39 is 10.0 Å². The molecule has 0 aliphatic heterocycles. The highest BCUT2D eigenvalue weighted by molar-refractivity contribution is 7.89. The summed E-state index contributed by atoms with van der Waals surface area (Å²) in [6.07, 6.45) is 3.03. The van der Waals surface area contributed by atoms with Crippen LogP contribution in [0.25, 0.3) is 0 Å². The second-order valence-electron chi connectivity index (χ2n) is 4.79. The van der Waals surface area contributed by atoms with Gasteiger partial charge in [0.25, 0.3) is 0 Å². The molecular formula is C14H24N2O3S. The van der Waals surface area contributed by atoms with Crippen molar-refractivity contribution >= 4 is 10.0 Å². The van der Waals surface area contributed by atoms with E-state index in [9.17, 15) is 8.42 Å². The Morgan fingerprint density at radius 1 is 1.15 bits per heavy atom. The van der Waals surface area contributed by atoms with Crippen LogP contribution in [0.2, 0.25) is 0 Å². The molecule has 0 bridgehead atoms. The molecule has 6 heteroatoms. The predicted octanol–water partition coefficient (Wildman–Crippen LogP) is 0.971. The van der Waals surface area contributed by atoms with Crippen LogP contribution in [-0.4, -0.2) is 44.6 Å². The zero-order valence-corrected chi connectivity index (χ0v) is 12.8. The molecule has 20 heavy (non-hydrogen) atoms. The minimum absolute atomic E-state index is 0.152. The van der Waals surface area contributed by atoms with Gasteiger partial charge in [-0.15, -0.1) is 0 Å². The number of hydrogen-bond acceptors (Lipinski definition) is 4. The third kappa shape index (κ3) is 4.86.